The lowest BCUT2D eigenvalue weighted by Gasteiger charge is -2.29. The number of benzene rings is 2. The van der Waals surface area contributed by atoms with E-state index >= 15 is 0 Å². The highest BCUT2D eigenvalue weighted by Gasteiger charge is 2.16. The Hall–Kier alpha value is -3.20. The number of anilines is 3. The number of piperazine rings is 1. The van der Waals surface area contributed by atoms with Crippen molar-refractivity contribution in [3.8, 4) is 5.69 Å². The smallest absolute Gasteiger partial charge is 0.266 e. The molecule has 0 radical (unpaired) electrons. The van der Waals surface area contributed by atoms with Gasteiger partial charge in [-0.25, -0.2) is 14.4 Å². The fraction of sp³-hybridized carbons (Fsp3) is 0.174. The first-order chi connectivity index (χ1) is 16.0. The molecule has 0 unspecified atom stereocenters. The second kappa shape index (κ2) is 8.97. The van der Waals surface area contributed by atoms with E-state index in [9.17, 15) is 9.18 Å². The van der Waals surface area contributed by atoms with Gasteiger partial charge in [-0.1, -0.05) is 29.3 Å². The van der Waals surface area contributed by atoms with E-state index in [1.807, 2.05) is 4.90 Å². The predicted molar refractivity (Wildman–Crippen MR) is 130 cm³/mol. The van der Waals surface area contributed by atoms with Crippen molar-refractivity contribution in [2.75, 3.05) is 36.4 Å². The summed E-state index contributed by atoms with van der Waals surface area (Å²) in [5.41, 5.74) is 1.58. The van der Waals surface area contributed by atoms with Gasteiger partial charge < -0.3 is 15.5 Å². The van der Waals surface area contributed by atoms with Crippen molar-refractivity contribution in [1.29, 1.82) is 0 Å². The van der Waals surface area contributed by atoms with Crippen LogP contribution in [0.3, 0.4) is 0 Å². The number of hydrogen-bond donors (Lipinski definition) is 2. The Bertz CT molecular complexity index is 1380. The van der Waals surface area contributed by atoms with Crippen LogP contribution in [0.2, 0.25) is 10.0 Å². The number of aromatic nitrogens is 3. The van der Waals surface area contributed by atoms with E-state index in [-0.39, 0.29) is 17.3 Å². The maximum absolute atomic E-state index is 14.7. The van der Waals surface area contributed by atoms with E-state index in [0.29, 0.717) is 38.0 Å². The van der Waals surface area contributed by atoms with Crippen molar-refractivity contribution in [2.45, 2.75) is 0 Å². The number of para-hydroxylation sites is 1. The van der Waals surface area contributed by atoms with Crippen LogP contribution in [-0.2, 0) is 0 Å². The number of hydrogen-bond acceptors (Lipinski definition) is 6. The first kappa shape index (κ1) is 21.6. The Morgan fingerprint density at radius 2 is 1.82 bits per heavy atom. The van der Waals surface area contributed by atoms with Crippen LogP contribution >= 0.6 is 23.2 Å². The molecule has 2 aromatic carbocycles. The maximum Gasteiger partial charge on any atom is 0.266 e. The summed E-state index contributed by atoms with van der Waals surface area (Å²) in [6, 6.07) is 11.7. The van der Waals surface area contributed by atoms with Gasteiger partial charge in [-0.05, 0) is 36.4 Å². The van der Waals surface area contributed by atoms with E-state index < -0.39 is 0 Å². The fourth-order valence-corrected chi connectivity index (χ4v) is 4.44. The number of rotatable bonds is 4. The van der Waals surface area contributed by atoms with Crippen molar-refractivity contribution in [2.24, 2.45) is 0 Å². The molecule has 0 atom stereocenters. The molecule has 2 N–H and O–H groups in total. The van der Waals surface area contributed by atoms with Crippen molar-refractivity contribution in [3.05, 3.63) is 81.1 Å². The molecular formula is C23H19Cl2FN6O. The number of nitrogens with zero attached hydrogens (tertiary/aromatic N) is 4. The topological polar surface area (TPSA) is 75.1 Å². The van der Waals surface area contributed by atoms with Gasteiger partial charge in [0.05, 0.1) is 32.3 Å². The molecule has 0 spiro atoms. The molecule has 2 aromatic heterocycles. The fourth-order valence-electron chi connectivity index (χ4n) is 3.86. The first-order valence-electron chi connectivity index (χ1n) is 10.4. The van der Waals surface area contributed by atoms with Crippen LogP contribution in [0.5, 0.6) is 0 Å². The van der Waals surface area contributed by atoms with Crippen molar-refractivity contribution in [3.63, 3.8) is 0 Å². The number of halogens is 3. The quantitative estimate of drug-likeness (QED) is 0.447. The first-order valence-corrected chi connectivity index (χ1v) is 11.1. The summed E-state index contributed by atoms with van der Waals surface area (Å²) in [5.74, 6) is -0.0630. The molecule has 0 saturated carbocycles. The Morgan fingerprint density at radius 1 is 1.06 bits per heavy atom. The van der Waals surface area contributed by atoms with Gasteiger partial charge in [0, 0.05) is 44.3 Å². The molecule has 5 rings (SSSR count). The number of fused-ring (bicyclic) bond motifs is 1. The van der Waals surface area contributed by atoms with Crippen LogP contribution in [0.4, 0.5) is 21.7 Å². The van der Waals surface area contributed by atoms with E-state index in [2.05, 4.69) is 20.6 Å². The summed E-state index contributed by atoms with van der Waals surface area (Å²) in [6.45, 7) is 3.17. The zero-order valence-electron chi connectivity index (χ0n) is 17.4. The summed E-state index contributed by atoms with van der Waals surface area (Å²) in [5, 5.41) is 7.28. The molecule has 4 aromatic rings. The van der Waals surface area contributed by atoms with Gasteiger partial charge in [0.2, 0.25) is 5.95 Å². The van der Waals surface area contributed by atoms with Crippen molar-refractivity contribution < 1.29 is 4.39 Å². The molecule has 1 saturated heterocycles. The molecule has 1 aliphatic rings. The Kier molecular flexibility index (Phi) is 5.88. The normalized spacial score (nSPS) is 14.0. The van der Waals surface area contributed by atoms with Crippen LogP contribution in [0.1, 0.15) is 0 Å². The van der Waals surface area contributed by atoms with Crippen molar-refractivity contribution in [1.82, 2.24) is 19.9 Å². The molecule has 7 nitrogen and oxygen atoms in total. The largest absolute Gasteiger partial charge is 0.367 e. The number of pyridine rings is 1. The second-order valence-electron chi connectivity index (χ2n) is 7.58. The molecule has 1 fully saturated rings. The number of nitrogens with one attached hydrogen (secondary N) is 2. The van der Waals surface area contributed by atoms with E-state index in [1.165, 1.54) is 16.8 Å². The molecule has 0 aliphatic carbocycles. The van der Waals surface area contributed by atoms with E-state index in [1.54, 1.807) is 42.6 Å². The molecule has 10 heteroatoms. The Labute approximate surface area is 198 Å². The summed E-state index contributed by atoms with van der Waals surface area (Å²) in [4.78, 5) is 23.7. The van der Waals surface area contributed by atoms with Crippen molar-refractivity contribution >= 4 is 51.4 Å². The zero-order chi connectivity index (χ0) is 22.9. The summed E-state index contributed by atoms with van der Waals surface area (Å²) < 4.78 is 16.1. The summed E-state index contributed by atoms with van der Waals surface area (Å²) >= 11 is 12.5. The van der Waals surface area contributed by atoms with Gasteiger partial charge in [-0.15, -0.1) is 0 Å². The molecule has 0 amide bonds. The lowest BCUT2D eigenvalue weighted by molar-refractivity contribution is 0.566. The maximum atomic E-state index is 14.7. The minimum absolute atomic E-state index is 0.254. The standard InChI is InChI=1S/C23H19Cl2FN6O/c24-16-2-1-3-17(25)21(16)32-9-6-19-15(22(32)33)13-28-23(30-19)29-14-4-5-20(18(26)12-14)31-10-7-27-8-11-31/h1-6,9,12-13,27H,7-8,10-11H2,(H,28,29,30). The van der Waals surface area contributed by atoms with Crippen LogP contribution in [0.25, 0.3) is 16.6 Å². The van der Waals surface area contributed by atoms with Crippen LogP contribution in [0.15, 0.2) is 59.7 Å². The third-order valence-corrected chi connectivity index (χ3v) is 6.10. The Balaban J connectivity index is 1.43. The highest BCUT2D eigenvalue weighted by atomic mass is 35.5. The summed E-state index contributed by atoms with van der Waals surface area (Å²) in [6.07, 6.45) is 3.00. The highest BCUT2D eigenvalue weighted by Crippen LogP contribution is 2.28. The van der Waals surface area contributed by atoms with Crippen LogP contribution < -0.4 is 21.1 Å². The third-order valence-electron chi connectivity index (χ3n) is 5.49. The minimum atomic E-state index is -0.347. The third kappa shape index (κ3) is 4.25. The molecule has 168 valence electrons. The average Bonchev–Trinajstić information content (AvgIpc) is 2.81. The average molecular weight is 485 g/mol. The molecule has 3 heterocycles. The second-order valence-corrected chi connectivity index (χ2v) is 8.40. The molecular weight excluding hydrogens is 466 g/mol. The van der Waals surface area contributed by atoms with Gasteiger partial charge in [0.25, 0.3) is 5.56 Å². The molecule has 1 aliphatic heterocycles. The van der Waals surface area contributed by atoms with Gasteiger partial charge in [0.15, 0.2) is 0 Å². The van der Waals surface area contributed by atoms with Gasteiger partial charge in [0.1, 0.15) is 5.82 Å². The van der Waals surface area contributed by atoms with E-state index in [4.69, 9.17) is 23.2 Å². The van der Waals surface area contributed by atoms with Gasteiger partial charge in [-0.3, -0.25) is 9.36 Å². The lowest BCUT2D eigenvalue weighted by Crippen LogP contribution is -2.43. The predicted octanol–water partition coefficient (Wildman–Crippen LogP) is 4.38. The summed E-state index contributed by atoms with van der Waals surface area (Å²) in [7, 11) is 0. The van der Waals surface area contributed by atoms with E-state index in [0.717, 1.165) is 26.2 Å². The van der Waals surface area contributed by atoms with Crippen LogP contribution in [0, 0.1) is 5.82 Å². The zero-order valence-corrected chi connectivity index (χ0v) is 18.9. The highest BCUT2D eigenvalue weighted by molar-refractivity contribution is 6.37. The molecule has 33 heavy (non-hydrogen) atoms. The minimum Gasteiger partial charge on any atom is -0.367 e. The molecule has 0 bridgehead atoms. The van der Waals surface area contributed by atoms with Crippen LogP contribution in [-0.4, -0.2) is 40.7 Å². The SMILES string of the molecule is O=c1c2cnc(Nc3ccc(N4CCNCC4)c(F)c3)nc2ccn1-c1c(Cl)cccc1Cl. The van der Waals surface area contributed by atoms with Gasteiger partial charge >= 0.3 is 0 Å². The van der Waals surface area contributed by atoms with Gasteiger partial charge in [-0.2, -0.15) is 0 Å². The lowest BCUT2D eigenvalue weighted by atomic mass is 10.2. The monoisotopic (exact) mass is 484 g/mol. The Morgan fingerprint density at radius 3 is 2.55 bits per heavy atom.